The van der Waals surface area contributed by atoms with Crippen LogP contribution in [0.2, 0.25) is 0 Å². The molecule has 7 heteroatoms. The normalized spacial score (nSPS) is 14.0. The predicted molar refractivity (Wildman–Crippen MR) is 139 cm³/mol. The maximum Gasteiger partial charge on any atom is 0.338 e. The van der Waals surface area contributed by atoms with Crippen LogP contribution in [0, 0.1) is 0 Å². The summed E-state index contributed by atoms with van der Waals surface area (Å²) < 4.78 is 6.08. The molecule has 0 radical (unpaired) electrons. The Morgan fingerprint density at radius 3 is 2.47 bits per heavy atom. The van der Waals surface area contributed by atoms with E-state index in [1.165, 1.54) is 5.56 Å². The van der Waals surface area contributed by atoms with E-state index in [1.54, 1.807) is 25.1 Å². The Bertz CT molecular complexity index is 1270. The van der Waals surface area contributed by atoms with Gasteiger partial charge in [-0.1, -0.05) is 58.4 Å². The number of nitrogens with one attached hydrogen (secondary N) is 2. The summed E-state index contributed by atoms with van der Waals surface area (Å²) in [5, 5.41) is 6.37. The van der Waals surface area contributed by atoms with Crippen LogP contribution < -0.4 is 10.6 Å². The fourth-order valence-corrected chi connectivity index (χ4v) is 4.39. The van der Waals surface area contributed by atoms with Gasteiger partial charge in [-0.15, -0.1) is 0 Å². The Balaban J connectivity index is 1.79. The second kappa shape index (κ2) is 10.2. The number of anilines is 2. The van der Waals surface area contributed by atoms with Crippen molar-refractivity contribution in [2.24, 2.45) is 0 Å². The van der Waals surface area contributed by atoms with E-state index in [0.29, 0.717) is 29.1 Å². The molecule has 0 atom stereocenters. The number of fused-ring (bicyclic) bond motifs is 1. The maximum absolute atomic E-state index is 13.1. The van der Waals surface area contributed by atoms with Crippen LogP contribution in [-0.2, 0) is 16.1 Å². The SMILES string of the molecule is CCOC(=O)c1ccc2c(c1)NC(=O)/C2=C(\Nc1ccc(CN(C)C)c(Br)c1)c1ccccc1. The largest absolute Gasteiger partial charge is 0.462 e. The maximum atomic E-state index is 13.1. The second-order valence-corrected chi connectivity index (χ2v) is 9.07. The highest BCUT2D eigenvalue weighted by Gasteiger charge is 2.29. The van der Waals surface area contributed by atoms with E-state index in [2.05, 4.69) is 37.5 Å². The number of ether oxygens (including phenoxy) is 1. The van der Waals surface area contributed by atoms with E-state index in [9.17, 15) is 9.59 Å². The van der Waals surface area contributed by atoms with Crippen molar-refractivity contribution in [3.63, 3.8) is 0 Å². The van der Waals surface area contributed by atoms with Gasteiger partial charge in [-0.2, -0.15) is 0 Å². The highest BCUT2D eigenvalue weighted by Crippen LogP contribution is 2.38. The molecule has 3 aromatic rings. The van der Waals surface area contributed by atoms with Gasteiger partial charge in [0.25, 0.3) is 5.91 Å². The lowest BCUT2D eigenvalue weighted by molar-refractivity contribution is -0.110. The zero-order chi connectivity index (χ0) is 24.2. The number of rotatable bonds is 7. The van der Waals surface area contributed by atoms with Crippen molar-refractivity contribution >= 4 is 50.5 Å². The first-order valence-electron chi connectivity index (χ1n) is 11.0. The van der Waals surface area contributed by atoms with Gasteiger partial charge in [0, 0.05) is 22.3 Å². The molecule has 4 rings (SSSR count). The third kappa shape index (κ3) is 5.05. The van der Waals surface area contributed by atoms with Gasteiger partial charge in [0.1, 0.15) is 0 Å². The fraction of sp³-hybridized carbons (Fsp3) is 0.185. The lowest BCUT2D eigenvalue weighted by atomic mass is 9.99. The fourth-order valence-electron chi connectivity index (χ4n) is 3.88. The molecule has 0 aromatic heterocycles. The van der Waals surface area contributed by atoms with Crippen molar-refractivity contribution in [3.8, 4) is 0 Å². The average molecular weight is 520 g/mol. The van der Waals surface area contributed by atoms with E-state index in [1.807, 2.05) is 56.6 Å². The third-order valence-electron chi connectivity index (χ3n) is 5.40. The zero-order valence-corrected chi connectivity index (χ0v) is 20.9. The van der Waals surface area contributed by atoms with Gasteiger partial charge in [0.2, 0.25) is 0 Å². The minimum atomic E-state index is -0.416. The molecule has 0 fully saturated rings. The minimum absolute atomic E-state index is 0.231. The Morgan fingerprint density at radius 1 is 1.03 bits per heavy atom. The molecule has 174 valence electrons. The molecule has 1 aliphatic rings. The molecule has 2 N–H and O–H groups in total. The van der Waals surface area contributed by atoms with Gasteiger partial charge in [-0.05, 0) is 56.4 Å². The number of benzene rings is 3. The summed E-state index contributed by atoms with van der Waals surface area (Å²) in [6.07, 6.45) is 0. The van der Waals surface area contributed by atoms with Crippen LogP contribution in [0.4, 0.5) is 11.4 Å². The number of nitrogens with zero attached hydrogens (tertiary/aromatic N) is 1. The van der Waals surface area contributed by atoms with E-state index < -0.39 is 5.97 Å². The molecule has 6 nitrogen and oxygen atoms in total. The molecule has 0 saturated heterocycles. The molecule has 3 aromatic carbocycles. The average Bonchev–Trinajstić information content (AvgIpc) is 3.14. The summed E-state index contributed by atoms with van der Waals surface area (Å²) in [6, 6.07) is 20.9. The molecule has 1 heterocycles. The molecular formula is C27H26BrN3O3. The summed E-state index contributed by atoms with van der Waals surface area (Å²) in [4.78, 5) is 27.4. The standard InChI is InChI=1S/C27H26BrN3O3/c1-4-34-27(33)18-11-13-21-23(14-18)30-26(32)24(21)25(17-8-6-5-7-9-17)29-20-12-10-19(16-31(2)3)22(28)15-20/h5-15,29H,4,16H2,1-3H3,(H,30,32)/b25-24-. The van der Waals surface area contributed by atoms with Crippen molar-refractivity contribution in [3.05, 3.63) is 93.5 Å². The highest BCUT2D eigenvalue weighted by molar-refractivity contribution is 9.10. The van der Waals surface area contributed by atoms with Gasteiger partial charge < -0.3 is 20.3 Å². The number of halogens is 1. The van der Waals surface area contributed by atoms with Gasteiger partial charge in [0.05, 0.1) is 29.1 Å². The second-order valence-electron chi connectivity index (χ2n) is 8.22. The summed E-state index contributed by atoms with van der Waals surface area (Å²) in [5.41, 5.74) is 5.82. The van der Waals surface area contributed by atoms with Crippen LogP contribution in [0.1, 0.15) is 34.0 Å². The van der Waals surface area contributed by atoms with Crippen molar-refractivity contribution in [2.75, 3.05) is 31.3 Å². The summed E-state index contributed by atoms with van der Waals surface area (Å²) in [6.45, 7) is 2.86. The third-order valence-corrected chi connectivity index (χ3v) is 6.13. The molecule has 0 spiro atoms. The predicted octanol–water partition coefficient (Wildman–Crippen LogP) is 5.62. The van der Waals surface area contributed by atoms with Crippen LogP contribution >= 0.6 is 15.9 Å². The number of carbonyl (C=O) groups is 2. The van der Waals surface area contributed by atoms with E-state index in [-0.39, 0.29) is 5.91 Å². The van der Waals surface area contributed by atoms with Gasteiger partial charge in [-0.25, -0.2) is 4.79 Å². The summed E-state index contributed by atoms with van der Waals surface area (Å²) in [5.74, 6) is -0.647. The van der Waals surface area contributed by atoms with Crippen LogP contribution in [0.3, 0.4) is 0 Å². The molecule has 0 unspecified atom stereocenters. The quantitative estimate of drug-likeness (QED) is 0.313. The van der Waals surface area contributed by atoms with Crippen LogP contribution in [0.25, 0.3) is 11.3 Å². The van der Waals surface area contributed by atoms with Crippen molar-refractivity contribution in [1.82, 2.24) is 4.90 Å². The molecule has 0 bridgehead atoms. The first-order chi connectivity index (χ1) is 16.4. The van der Waals surface area contributed by atoms with Gasteiger partial charge >= 0.3 is 5.97 Å². The first-order valence-corrected chi connectivity index (χ1v) is 11.8. The number of amides is 1. The van der Waals surface area contributed by atoms with Crippen LogP contribution in [-0.4, -0.2) is 37.5 Å². The monoisotopic (exact) mass is 519 g/mol. The van der Waals surface area contributed by atoms with Crippen molar-refractivity contribution in [2.45, 2.75) is 13.5 Å². The molecule has 1 aliphatic heterocycles. The molecule has 34 heavy (non-hydrogen) atoms. The Kier molecular flexibility index (Phi) is 7.14. The first kappa shape index (κ1) is 23.7. The van der Waals surface area contributed by atoms with Crippen LogP contribution in [0.15, 0.2) is 71.2 Å². The van der Waals surface area contributed by atoms with Gasteiger partial charge in [-0.3, -0.25) is 4.79 Å². The van der Waals surface area contributed by atoms with Gasteiger partial charge in [0.15, 0.2) is 0 Å². The number of hydrogen-bond acceptors (Lipinski definition) is 5. The minimum Gasteiger partial charge on any atom is -0.462 e. The molecular weight excluding hydrogens is 494 g/mol. The van der Waals surface area contributed by atoms with Crippen molar-refractivity contribution in [1.29, 1.82) is 0 Å². The lowest BCUT2D eigenvalue weighted by Gasteiger charge is -2.17. The number of hydrogen-bond donors (Lipinski definition) is 2. The molecule has 0 saturated carbocycles. The van der Waals surface area contributed by atoms with E-state index in [4.69, 9.17) is 4.74 Å². The molecule has 0 aliphatic carbocycles. The topological polar surface area (TPSA) is 70.7 Å². The van der Waals surface area contributed by atoms with Crippen molar-refractivity contribution < 1.29 is 14.3 Å². The molecule has 1 amide bonds. The smallest absolute Gasteiger partial charge is 0.338 e. The Labute approximate surface area is 207 Å². The summed E-state index contributed by atoms with van der Waals surface area (Å²) >= 11 is 3.67. The van der Waals surface area contributed by atoms with E-state index >= 15 is 0 Å². The number of carbonyl (C=O) groups excluding carboxylic acids is 2. The summed E-state index contributed by atoms with van der Waals surface area (Å²) in [7, 11) is 4.06. The van der Waals surface area contributed by atoms with Crippen LogP contribution in [0.5, 0.6) is 0 Å². The lowest BCUT2D eigenvalue weighted by Crippen LogP contribution is -2.12. The zero-order valence-electron chi connectivity index (χ0n) is 19.3. The Morgan fingerprint density at radius 2 is 1.79 bits per heavy atom. The number of esters is 1. The van der Waals surface area contributed by atoms with E-state index in [0.717, 1.165) is 27.8 Å². The highest BCUT2D eigenvalue weighted by atomic mass is 79.9. The Hall–Kier alpha value is -3.42.